The number of nitriles is 1. The molecule has 7 heteroatoms. The molecular formula is C14H11FN4O2. The van der Waals surface area contributed by atoms with Gasteiger partial charge in [0.05, 0.1) is 29.6 Å². The number of hydrogen-bond donors (Lipinski definition) is 2. The molecule has 0 aliphatic heterocycles. The molecule has 21 heavy (non-hydrogen) atoms. The van der Waals surface area contributed by atoms with Crippen molar-refractivity contribution in [1.29, 1.82) is 5.26 Å². The van der Waals surface area contributed by atoms with Crippen LogP contribution in [-0.2, 0) is 4.74 Å². The Morgan fingerprint density at radius 1 is 1.48 bits per heavy atom. The van der Waals surface area contributed by atoms with Crippen LogP contribution < -0.4 is 11.1 Å². The van der Waals surface area contributed by atoms with Crippen LogP contribution in [0, 0.1) is 17.1 Å². The smallest absolute Gasteiger partial charge is 0.340 e. The summed E-state index contributed by atoms with van der Waals surface area (Å²) in [5.41, 5.74) is 6.51. The van der Waals surface area contributed by atoms with E-state index in [9.17, 15) is 9.18 Å². The number of nitrogens with one attached hydrogen (secondary N) is 1. The molecule has 3 N–H and O–H groups in total. The monoisotopic (exact) mass is 286 g/mol. The SMILES string of the molecule is COC(=O)c1ccnc(Nc2ccc(F)cc2C#N)c1N. The van der Waals surface area contributed by atoms with Gasteiger partial charge in [0.1, 0.15) is 11.9 Å². The predicted molar refractivity (Wildman–Crippen MR) is 74.4 cm³/mol. The molecule has 0 fully saturated rings. The number of nitrogens with zero attached hydrogens (tertiary/aromatic N) is 2. The van der Waals surface area contributed by atoms with Crippen molar-refractivity contribution in [2.75, 3.05) is 18.2 Å². The first-order chi connectivity index (χ1) is 10.1. The van der Waals surface area contributed by atoms with Crippen molar-refractivity contribution in [2.45, 2.75) is 0 Å². The maximum absolute atomic E-state index is 13.1. The van der Waals surface area contributed by atoms with Crippen LogP contribution in [0.25, 0.3) is 0 Å². The number of pyridine rings is 1. The highest BCUT2D eigenvalue weighted by Crippen LogP contribution is 2.26. The molecule has 0 bridgehead atoms. The second-order valence-electron chi connectivity index (χ2n) is 4.04. The molecular weight excluding hydrogens is 275 g/mol. The van der Waals surface area contributed by atoms with Crippen molar-refractivity contribution >= 4 is 23.2 Å². The average Bonchev–Trinajstić information content (AvgIpc) is 2.50. The van der Waals surface area contributed by atoms with Crippen LogP contribution >= 0.6 is 0 Å². The number of carbonyl (C=O) groups excluding carboxylic acids is 1. The quantitative estimate of drug-likeness (QED) is 0.839. The van der Waals surface area contributed by atoms with Gasteiger partial charge in [0.15, 0.2) is 5.82 Å². The van der Waals surface area contributed by atoms with Crippen molar-refractivity contribution in [3.05, 3.63) is 47.4 Å². The van der Waals surface area contributed by atoms with Crippen molar-refractivity contribution in [3.63, 3.8) is 0 Å². The van der Waals surface area contributed by atoms with Crippen LogP contribution in [-0.4, -0.2) is 18.1 Å². The van der Waals surface area contributed by atoms with E-state index in [1.54, 1.807) is 0 Å². The minimum atomic E-state index is -0.599. The zero-order chi connectivity index (χ0) is 15.4. The largest absolute Gasteiger partial charge is 0.465 e. The third kappa shape index (κ3) is 2.90. The molecule has 0 amide bonds. The molecule has 2 rings (SSSR count). The molecule has 0 aliphatic carbocycles. The summed E-state index contributed by atoms with van der Waals surface area (Å²) in [7, 11) is 1.24. The minimum absolute atomic E-state index is 0.0811. The number of hydrogen-bond acceptors (Lipinski definition) is 6. The van der Waals surface area contributed by atoms with E-state index in [-0.39, 0.29) is 22.6 Å². The van der Waals surface area contributed by atoms with Crippen molar-refractivity contribution in [3.8, 4) is 6.07 Å². The molecule has 2 aromatic rings. The molecule has 0 spiro atoms. The van der Waals surface area contributed by atoms with Crippen LogP contribution in [0.5, 0.6) is 0 Å². The molecule has 0 saturated heterocycles. The minimum Gasteiger partial charge on any atom is -0.465 e. The summed E-state index contributed by atoms with van der Waals surface area (Å²) in [6, 6.07) is 6.95. The van der Waals surface area contributed by atoms with E-state index in [1.165, 1.54) is 31.5 Å². The van der Waals surface area contributed by atoms with Gasteiger partial charge in [0.25, 0.3) is 0 Å². The summed E-state index contributed by atoms with van der Waals surface area (Å²) in [6.45, 7) is 0. The number of nitrogen functional groups attached to an aromatic ring is 1. The molecule has 6 nitrogen and oxygen atoms in total. The van der Waals surface area contributed by atoms with Gasteiger partial charge < -0.3 is 15.8 Å². The number of benzene rings is 1. The van der Waals surface area contributed by atoms with E-state index in [0.29, 0.717) is 5.69 Å². The lowest BCUT2D eigenvalue weighted by atomic mass is 10.1. The normalized spacial score (nSPS) is 9.76. The summed E-state index contributed by atoms with van der Waals surface area (Å²) in [5, 5.41) is 11.8. The first-order valence-electron chi connectivity index (χ1n) is 5.86. The molecule has 0 aliphatic rings. The Hall–Kier alpha value is -3.14. The van der Waals surface area contributed by atoms with Crippen LogP contribution in [0.4, 0.5) is 21.6 Å². The van der Waals surface area contributed by atoms with Crippen LogP contribution in [0.1, 0.15) is 15.9 Å². The van der Waals surface area contributed by atoms with E-state index in [4.69, 9.17) is 11.0 Å². The lowest BCUT2D eigenvalue weighted by Crippen LogP contribution is -2.09. The zero-order valence-electron chi connectivity index (χ0n) is 11.1. The first-order valence-corrected chi connectivity index (χ1v) is 5.86. The second-order valence-corrected chi connectivity index (χ2v) is 4.04. The van der Waals surface area contributed by atoms with E-state index in [0.717, 1.165) is 6.07 Å². The third-order valence-electron chi connectivity index (χ3n) is 2.75. The third-order valence-corrected chi connectivity index (χ3v) is 2.75. The molecule has 106 valence electrons. The highest BCUT2D eigenvalue weighted by Gasteiger charge is 2.15. The molecule has 1 heterocycles. The Morgan fingerprint density at radius 2 is 2.24 bits per heavy atom. The number of esters is 1. The molecule has 1 aromatic carbocycles. The van der Waals surface area contributed by atoms with Crippen molar-refractivity contribution < 1.29 is 13.9 Å². The van der Waals surface area contributed by atoms with Crippen molar-refractivity contribution in [2.24, 2.45) is 0 Å². The number of nitrogens with two attached hydrogens (primary N) is 1. The zero-order valence-corrected chi connectivity index (χ0v) is 11.1. The van der Waals surface area contributed by atoms with Gasteiger partial charge in [-0.3, -0.25) is 0 Å². The van der Waals surface area contributed by atoms with Crippen LogP contribution in [0.3, 0.4) is 0 Å². The summed E-state index contributed by atoms with van der Waals surface area (Å²) >= 11 is 0. The summed E-state index contributed by atoms with van der Waals surface area (Å²) in [4.78, 5) is 15.5. The topological polar surface area (TPSA) is 101 Å². The van der Waals surface area contributed by atoms with Gasteiger partial charge in [-0.2, -0.15) is 5.26 Å². The van der Waals surface area contributed by atoms with E-state index in [1.807, 2.05) is 6.07 Å². The fraction of sp³-hybridized carbons (Fsp3) is 0.0714. The summed E-state index contributed by atoms with van der Waals surface area (Å²) in [5.74, 6) is -0.945. The molecule has 0 atom stereocenters. The van der Waals surface area contributed by atoms with Gasteiger partial charge >= 0.3 is 5.97 Å². The number of methoxy groups -OCH3 is 1. The standard InChI is InChI=1S/C14H11FN4O2/c1-21-14(20)10-4-5-18-13(12(10)17)19-11-3-2-9(15)6-8(11)7-16/h2-6H,17H2,1H3,(H,18,19). The van der Waals surface area contributed by atoms with Crippen LogP contribution in [0.2, 0.25) is 0 Å². The highest BCUT2D eigenvalue weighted by atomic mass is 19.1. The maximum Gasteiger partial charge on any atom is 0.340 e. The van der Waals surface area contributed by atoms with Crippen LogP contribution in [0.15, 0.2) is 30.5 Å². The van der Waals surface area contributed by atoms with E-state index >= 15 is 0 Å². The summed E-state index contributed by atoms with van der Waals surface area (Å²) in [6.07, 6.45) is 1.38. The second kappa shape index (κ2) is 5.88. The first kappa shape index (κ1) is 14.3. The van der Waals surface area contributed by atoms with Crippen molar-refractivity contribution in [1.82, 2.24) is 4.98 Å². The number of anilines is 3. The Balaban J connectivity index is 2.41. The highest BCUT2D eigenvalue weighted by molar-refractivity contribution is 5.98. The predicted octanol–water partition coefficient (Wildman–Crippen LogP) is 2.20. The number of halogens is 1. The maximum atomic E-state index is 13.1. The van der Waals surface area contributed by atoms with E-state index in [2.05, 4.69) is 15.0 Å². The average molecular weight is 286 g/mol. The van der Waals surface area contributed by atoms with Gasteiger partial charge in [0, 0.05) is 6.20 Å². The molecule has 0 radical (unpaired) electrons. The van der Waals surface area contributed by atoms with E-state index < -0.39 is 11.8 Å². The van der Waals surface area contributed by atoms with Gasteiger partial charge in [-0.05, 0) is 24.3 Å². The number of ether oxygens (including phenoxy) is 1. The lowest BCUT2D eigenvalue weighted by Gasteiger charge is -2.11. The fourth-order valence-corrected chi connectivity index (χ4v) is 1.71. The van der Waals surface area contributed by atoms with Gasteiger partial charge in [0.2, 0.25) is 0 Å². The Kier molecular flexibility index (Phi) is 4.00. The fourth-order valence-electron chi connectivity index (χ4n) is 1.71. The number of carbonyl (C=O) groups is 1. The van der Waals surface area contributed by atoms with Gasteiger partial charge in [-0.15, -0.1) is 0 Å². The Bertz CT molecular complexity index is 740. The van der Waals surface area contributed by atoms with Gasteiger partial charge in [-0.1, -0.05) is 0 Å². The Morgan fingerprint density at radius 3 is 2.90 bits per heavy atom. The number of aromatic nitrogens is 1. The Labute approximate surface area is 120 Å². The summed E-state index contributed by atoms with van der Waals surface area (Å²) < 4.78 is 17.7. The molecule has 0 saturated carbocycles. The lowest BCUT2D eigenvalue weighted by molar-refractivity contribution is 0.0602. The van der Waals surface area contributed by atoms with Gasteiger partial charge in [-0.25, -0.2) is 14.2 Å². The molecule has 1 aromatic heterocycles. The number of rotatable bonds is 3. The molecule has 0 unspecified atom stereocenters.